The highest BCUT2D eigenvalue weighted by molar-refractivity contribution is 6.00. The topological polar surface area (TPSA) is 84.7 Å². The zero-order valence-corrected chi connectivity index (χ0v) is 18.2. The van der Waals surface area contributed by atoms with Crippen LogP contribution in [0.25, 0.3) is 5.65 Å². The summed E-state index contributed by atoms with van der Waals surface area (Å²) in [6, 6.07) is 17.8. The normalized spacial score (nSPS) is 10.7. The van der Waals surface area contributed by atoms with Gasteiger partial charge in [0, 0.05) is 18.0 Å². The summed E-state index contributed by atoms with van der Waals surface area (Å²) in [5.74, 6) is 0.481. The number of amides is 2. The van der Waals surface area contributed by atoms with E-state index in [1.807, 2.05) is 63.2 Å². The number of nitrogens with one attached hydrogen (secondary N) is 2. The molecule has 162 valence electrons. The fourth-order valence-corrected chi connectivity index (χ4v) is 3.51. The molecule has 0 spiro atoms. The molecule has 2 amide bonds. The third-order valence-electron chi connectivity index (χ3n) is 4.87. The van der Waals surface area contributed by atoms with E-state index >= 15 is 0 Å². The highest BCUT2D eigenvalue weighted by Gasteiger charge is 2.10. The Morgan fingerprint density at radius 2 is 1.69 bits per heavy atom. The molecule has 7 heteroatoms. The van der Waals surface area contributed by atoms with Crippen molar-refractivity contribution >= 4 is 23.1 Å². The Labute approximate surface area is 185 Å². The zero-order chi connectivity index (χ0) is 22.7. The van der Waals surface area contributed by atoms with E-state index in [1.54, 1.807) is 18.3 Å². The number of aromatic nitrogens is 2. The first-order valence-electron chi connectivity index (χ1n) is 10.2. The van der Waals surface area contributed by atoms with E-state index in [0.29, 0.717) is 22.8 Å². The fraction of sp³-hybridized carbons (Fsp3) is 0.160. The van der Waals surface area contributed by atoms with Crippen molar-refractivity contribution in [1.82, 2.24) is 9.38 Å². The van der Waals surface area contributed by atoms with E-state index in [4.69, 9.17) is 4.74 Å². The van der Waals surface area contributed by atoms with Crippen molar-refractivity contribution in [3.8, 4) is 5.75 Å². The number of fused-ring (bicyclic) bond motifs is 1. The summed E-state index contributed by atoms with van der Waals surface area (Å²) < 4.78 is 7.38. The van der Waals surface area contributed by atoms with Crippen LogP contribution >= 0.6 is 0 Å². The van der Waals surface area contributed by atoms with E-state index in [1.165, 1.54) is 10.5 Å². The number of rotatable bonds is 5. The lowest BCUT2D eigenvalue weighted by Crippen LogP contribution is -2.20. The predicted molar refractivity (Wildman–Crippen MR) is 126 cm³/mol. The summed E-state index contributed by atoms with van der Waals surface area (Å²) in [5, 5.41) is 5.67. The number of ether oxygens (including phenoxy) is 1. The van der Waals surface area contributed by atoms with Gasteiger partial charge >= 0.3 is 6.03 Å². The van der Waals surface area contributed by atoms with Crippen LogP contribution in [-0.2, 0) is 6.61 Å². The highest BCUT2D eigenvalue weighted by atomic mass is 16.5. The summed E-state index contributed by atoms with van der Waals surface area (Å²) in [6.45, 7) is 6.00. The van der Waals surface area contributed by atoms with Crippen LogP contribution in [-0.4, -0.2) is 15.4 Å². The zero-order valence-electron chi connectivity index (χ0n) is 18.2. The second kappa shape index (κ2) is 8.93. The molecule has 0 radical (unpaired) electrons. The number of pyridine rings is 1. The van der Waals surface area contributed by atoms with Crippen molar-refractivity contribution < 1.29 is 9.53 Å². The van der Waals surface area contributed by atoms with Crippen molar-refractivity contribution in [3.05, 3.63) is 99.6 Å². The summed E-state index contributed by atoms with van der Waals surface area (Å²) in [4.78, 5) is 29.4. The average Bonchev–Trinajstić information content (AvgIpc) is 2.72. The molecule has 2 heterocycles. The van der Waals surface area contributed by atoms with Crippen LogP contribution in [0, 0.1) is 20.8 Å². The van der Waals surface area contributed by atoms with E-state index in [-0.39, 0.29) is 18.2 Å². The van der Waals surface area contributed by atoms with Gasteiger partial charge in [0.25, 0.3) is 5.56 Å². The largest absolute Gasteiger partial charge is 0.485 e. The predicted octanol–water partition coefficient (Wildman–Crippen LogP) is 4.84. The lowest BCUT2D eigenvalue weighted by atomic mass is 10.1. The second-order valence-electron chi connectivity index (χ2n) is 7.76. The molecule has 0 saturated heterocycles. The van der Waals surface area contributed by atoms with Gasteiger partial charge in [-0.05, 0) is 73.9 Å². The first-order chi connectivity index (χ1) is 15.4. The summed E-state index contributed by atoms with van der Waals surface area (Å²) in [6.07, 6.45) is 1.71. The van der Waals surface area contributed by atoms with Crippen LogP contribution < -0.4 is 20.9 Å². The molecule has 2 aromatic carbocycles. The molecule has 0 atom stereocenters. The van der Waals surface area contributed by atoms with Crippen LogP contribution in [0.5, 0.6) is 5.75 Å². The minimum atomic E-state index is -0.372. The molecule has 0 bridgehead atoms. The number of urea groups is 1. The van der Waals surface area contributed by atoms with Gasteiger partial charge in [-0.1, -0.05) is 18.2 Å². The van der Waals surface area contributed by atoms with Crippen LogP contribution in [0.2, 0.25) is 0 Å². The monoisotopic (exact) mass is 428 g/mol. The lowest BCUT2D eigenvalue weighted by molar-refractivity contribution is 0.261. The number of carbonyl (C=O) groups is 1. The molecule has 2 aromatic heterocycles. The Bertz CT molecular complexity index is 1340. The molecule has 4 aromatic rings. The summed E-state index contributed by atoms with van der Waals surface area (Å²) in [5.41, 5.74) is 5.28. The Morgan fingerprint density at radius 1 is 0.938 bits per heavy atom. The molecule has 0 aliphatic rings. The maximum absolute atomic E-state index is 12.5. The highest BCUT2D eigenvalue weighted by Crippen LogP contribution is 2.25. The SMILES string of the molecule is Cc1cc(C)cc(NC(=O)Nc2ccccc2OCc2cc(=O)n3ccc(C)cc3n2)c1. The standard InChI is InChI=1S/C25H24N4O3/c1-16-8-9-29-23(13-16)26-20(14-24(29)30)15-32-22-7-5-4-6-21(22)28-25(31)27-19-11-17(2)10-18(3)12-19/h4-14H,15H2,1-3H3,(H2,27,28,31). The Morgan fingerprint density at radius 3 is 2.47 bits per heavy atom. The van der Waals surface area contributed by atoms with Gasteiger partial charge < -0.3 is 15.4 Å². The van der Waals surface area contributed by atoms with Crippen LogP contribution in [0.4, 0.5) is 16.2 Å². The maximum Gasteiger partial charge on any atom is 0.323 e. The van der Waals surface area contributed by atoms with Crippen LogP contribution in [0.15, 0.2) is 71.7 Å². The number of para-hydroxylation sites is 2. The average molecular weight is 428 g/mol. The molecule has 0 fully saturated rings. The minimum absolute atomic E-state index is 0.0943. The third kappa shape index (κ3) is 4.95. The Hall–Kier alpha value is -4.13. The number of aryl methyl sites for hydroxylation is 3. The molecule has 7 nitrogen and oxygen atoms in total. The molecule has 2 N–H and O–H groups in total. The van der Waals surface area contributed by atoms with Gasteiger partial charge in [-0.3, -0.25) is 9.20 Å². The lowest BCUT2D eigenvalue weighted by Gasteiger charge is -2.14. The van der Waals surface area contributed by atoms with E-state index in [9.17, 15) is 9.59 Å². The van der Waals surface area contributed by atoms with Crippen molar-refractivity contribution in [2.75, 3.05) is 10.6 Å². The van der Waals surface area contributed by atoms with Crippen molar-refractivity contribution in [2.24, 2.45) is 0 Å². The van der Waals surface area contributed by atoms with Gasteiger partial charge in [0.15, 0.2) is 0 Å². The van der Waals surface area contributed by atoms with E-state index < -0.39 is 0 Å². The smallest absolute Gasteiger partial charge is 0.323 e. The van der Waals surface area contributed by atoms with Crippen molar-refractivity contribution in [2.45, 2.75) is 27.4 Å². The van der Waals surface area contributed by atoms with Gasteiger partial charge in [0.2, 0.25) is 0 Å². The number of carbonyl (C=O) groups excluding carboxylic acids is 1. The molecule has 0 aliphatic heterocycles. The fourth-order valence-electron chi connectivity index (χ4n) is 3.51. The van der Waals surface area contributed by atoms with Gasteiger partial charge in [0.05, 0.1) is 11.4 Å². The molecular formula is C25H24N4O3. The number of hydrogen-bond donors (Lipinski definition) is 2. The van der Waals surface area contributed by atoms with Gasteiger partial charge in [-0.2, -0.15) is 0 Å². The quantitative estimate of drug-likeness (QED) is 0.476. The minimum Gasteiger partial charge on any atom is -0.485 e. The third-order valence-corrected chi connectivity index (χ3v) is 4.87. The number of anilines is 2. The number of benzene rings is 2. The summed E-state index contributed by atoms with van der Waals surface area (Å²) in [7, 11) is 0. The molecular weight excluding hydrogens is 404 g/mol. The van der Waals surface area contributed by atoms with Gasteiger partial charge in [-0.15, -0.1) is 0 Å². The van der Waals surface area contributed by atoms with E-state index in [2.05, 4.69) is 15.6 Å². The molecule has 32 heavy (non-hydrogen) atoms. The Kier molecular flexibility index (Phi) is 5.89. The number of hydrogen-bond acceptors (Lipinski definition) is 4. The maximum atomic E-state index is 12.5. The van der Waals surface area contributed by atoms with Crippen molar-refractivity contribution in [3.63, 3.8) is 0 Å². The molecule has 0 unspecified atom stereocenters. The van der Waals surface area contributed by atoms with Gasteiger partial charge in [-0.25, -0.2) is 9.78 Å². The van der Waals surface area contributed by atoms with Crippen LogP contribution in [0.1, 0.15) is 22.4 Å². The van der Waals surface area contributed by atoms with Crippen LogP contribution in [0.3, 0.4) is 0 Å². The first kappa shape index (κ1) is 21.1. The Balaban J connectivity index is 1.48. The summed E-state index contributed by atoms with van der Waals surface area (Å²) >= 11 is 0. The van der Waals surface area contributed by atoms with Gasteiger partial charge in [0.1, 0.15) is 18.0 Å². The molecule has 0 saturated carbocycles. The second-order valence-corrected chi connectivity index (χ2v) is 7.76. The van der Waals surface area contributed by atoms with E-state index in [0.717, 1.165) is 22.4 Å². The molecule has 4 rings (SSSR count). The number of nitrogens with zero attached hydrogens (tertiary/aromatic N) is 2. The first-order valence-corrected chi connectivity index (χ1v) is 10.2. The molecule has 0 aliphatic carbocycles. The van der Waals surface area contributed by atoms with Crippen molar-refractivity contribution in [1.29, 1.82) is 0 Å².